The van der Waals surface area contributed by atoms with Gasteiger partial charge in [0, 0.05) is 17.7 Å². The second-order valence-electron chi connectivity index (χ2n) is 7.53. The minimum atomic E-state index is -0.619. The number of carbonyl (C=O) groups is 1. The van der Waals surface area contributed by atoms with E-state index in [-0.39, 0.29) is 24.8 Å². The average molecular weight is 393 g/mol. The average Bonchev–Trinajstić information content (AvgIpc) is 3.46. The van der Waals surface area contributed by atoms with Gasteiger partial charge < -0.3 is 20.5 Å². The number of carbonyl (C=O) groups excluding carboxylic acids is 1. The number of hydrazone groups is 1. The summed E-state index contributed by atoms with van der Waals surface area (Å²) in [6.07, 6.45) is 1.83. The molecule has 0 atom stereocenters. The fourth-order valence-electron chi connectivity index (χ4n) is 2.12. The summed E-state index contributed by atoms with van der Waals surface area (Å²) < 4.78 is 23.7. The zero-order valence-corrected chi connectivity index (χ0v) is 16.4. The maximum absolute atomic E-state index is 13.0. The number of hydrogen-bond donors (Lipinski definition) is 3. The standard InChI is InChI=1S/C19H28FN5O3/c1-19(2,3)28-18(26)23-11-13(10-20)12-27-16-8-4-14(5-9-16)17(21)24-25(22)15-6-7-15/h4-5,8-10,15H,6-7,11-12,22H2,1-3H3,(H2,21,24)(H,23,26)/b13-10+. The molecule has 154 valence electrons. The normalized spacial score (nSPS) is 15.2. The number of nitrogens with two attached hydrogens (primary N) is 2. The fourth-order valence-corrected chi connectivity index (χ4v) is 2.12. The van der Waals surface area contributed by atoms with Gasteiger partial charge in [-0.2, -0.15) is 0 Å². The molecule has 28 heavy (non-hydrogen) atoms. The molecule has 1 aliphatic rings. The molecule has 0 spiro atoms. The molecule has 0 bridgehead atoms. The number of rotatable bonds is 8. The quantitative estimate of drug-likeness (QED) is 0.270. The summed E-state index contributed by atoms with van der Waals surface area (Å²) in [5, 5.41) is 8.02. The Morgan fingerprint density at radius 3 is 2.54 bits per heavy atom. The molecule has 1 aromatic carbocycles. The first-order chi connectivity index (χ1) is 13.2. The minimum absolute atomic E-state index is 0.0173. The van der Waals surface area contributed by atoms with Gasteiger partial charge in [0.05, 0.1) is 12.4 Å². The number of hydrogen-bond acceptors (Lipinski definition) is 6. The Bertz CT molecular complexity index is 724. The third-order valence-electron chi connectivity index (χ3n) is 3.73. The third-order valence-corrected chi connectivity index (χ3v) is 3.73. The van der Waals surface area contributed by atoms with Crippen molar-refractivity contribution in [3.05, 3.63) is 41.7 Å². The van der Waals surface area contributed by atoms with Crippen molar-refractivity contribution in [3.63, 3.8) is 0 Å². The van der Waals surface area contributed by atoms with Gasteiger partial charge in [0.15, 0.2) is 5.84 Å². The highest BCUT2D eigenvalue weighted by Crippen LogP contribution is 2.24. The van der Waals surface area contributed by atoms with Gasteiger partial charge in [0.25, 0.3) is 0 Å². The van der Waals surface area contributed by atoms with E-state index in [0.717, 1.165) is 12.8 Å². The smallest absolute Gasteiger partial charge is 0.407 e. The van der Waals surface area contributed by atoms with Crippen molar-refractivity contribution in [1.29, 1.82) is 0 Å². The van der Waals surface area contributed by atoms with Crippen molar-refractivity contribution in [2.24, 2.45) is 16.7 Å². The highest BCUT2D eigenvalue weighted by Gasteiger charge is 2.26. The van der Waals surface area contributed by atoms with Crippen LogP contribution in [0, 0.1) is 0 Å². The van der Waals surface area contributed by atoms with Crippen LogP contribution in [0.15, 0.2) is 41.3 Å². The lowest BCUT2D eigenvalue weighted by molar-refractivity contribution is 0.0531. The summed E-state index contributed by atoms with van der Waals surface area (Å²) in [7, 11) is 0. The van der Waals surface area contributed by atoms with Gasteiger partial charge in [-0.05, 0) is 57.9 Å². The SMILES string of the molecule is CC(C)(C)OC(=O)NC/C(=C\F)COc1ccc(/C(N)=N/N(N)C2CC2)cc1. The molecular weight excluding hydrogens is 365 g/mol. The van der Waals surface area contributed by atoms with E-state index in [1.807, 2.05) is 0 Å². The topological polar surface area (TPSA) is 115 Å². The Morgan fingerprint density at radius 2 is 2.00 bits per heavy atom. The molecule has 5 N–H and O–H groups in total. The predicted octanol–water partition coefficient (Wildman–Crippen LogP) is 2.40. The van der Waals surface area contributed by atoms with E-state index in [1.165, 1.54) is 5.12 Å². The monoisotopic (exact) mass is 393 g/mol. The highest BCUT2D eigenvalue weighted by molar-refractivity contribution is 5.97. The number of nitrogens with zero attached hydrogens (tertiary/aromatic N) is 2. The second kappa shape index (κ2) is 9.41. The van der Waals surface area contributed by atoms with Crippen LogP contribution in [0.4, 0.5) is 9.18 Å². The number of alkyl carbamates (subject to hydrolysis) is 1. The molecule has 0 aliphatic heterocycles. The van der Waals surface area contributed by atoms with Crippen LogP contribution in [-0.4, -0.2) is 41.8 Å². The first-order valence-corrected chi connectivity index (χ1v) is 9.04. The van der Waals surface area contributed by atoms with E-state index < -0.39 is 11.7 Å². The van der Waals surface area contributed by atoms with Crippen LogP contribution < -0.4 is 21.6 Å². The maximum atomic E-state index is 13.0. The van der Waals surface area contributed by atoms with Crippen molar-refractivity contribution >= 4 is 11.9 Å². The second-order valence-corrected chi connectivity index (χ2v) is 7.53. The number of hydrazine groups is 1. The molecule has 0 aromatic heterocycles. The minimum Gasteiger partial charge on any atom is -0.489 e. The molecule has 1 aliphatic carbocycles. The van der Waals surface area contributed by atoms with Gasteiger partial charge in [0.1, 0.15) is 18.0 Å². The first kappa shape index (κ1) is 21.5. The van der Waals surface area contributed by atoms with Gasteiger partial charge in [-0.3, -0.25) is 0 Å². The van der Waals surface area contributed by atoms with Crippen LogP contribution in [0.2, 0.25) is 0 Å². The van der Waals surface area contributed by atoms with Crippen LogP contribution in [0.3, 0.4) is 0 Å². The zero-order valence-electron chi connectivity index (χ0n) is 16.4. The molecule has 0 heterocycles. The summed E-state index contributed by atoms with van der Waals surface area (Å²) in [6, 6.07) is 7.15. The Labute approximate surface area is 164 Å². The molecule has 1 amide bonds. The van der Waals surface area contributed by atoms with E-state index in [2.05, 4.69) is 10.4 Å². The largest absolute Gasteiger partial charge is 0.489 e. The van der Waals surface area contributed by atoms with Gasteiger partial charge >= 0.3 is 6.09 Å². The Morgan fingerprint density at radius 1 is 1.36 bits per heavy atom. The summed E-state index contributed by atoms with van der Waals surface area (Å²) >= 11 is 0. The van der Waals surface area contributed by atoms with Gasteiger partial charge in [0.2, 0.25) is 0 Å². The van der Waals surface area contributed by atoms with Crippen LogP contribution in [0.25, 0.3) is 0 Å². The lowest BCUT2D eigenvalue weighted by atomic mass is 10.2. The lowest BCUT2D eigenvalue weighted by Crippen LogP contribution is -2.34. The number of amidine groups is 1. The summed E-state index contributed by atoms with van der Waals surface area (Å²) in [4.78, 5) is 11.6. The van der Waals surface area contributed by atoms with Crippen molar-refractivity contribution in [2.45, 2.75) is 45.3 Å². The Balaban J connectivity index is 1.81. The van der Waals surface area contributed by atoms with Crippen LogP contribution in [0.5, 0.6) is 5.75 Å². The van der Waals surface area contributed by atoms with Crippen molar-refractivity contribution in [3.8, 4) is 5.75 Å². The number of halogens is 1. The van der Waals surface area contributed by atoms with Gasteiger partial charge in [-0.15, -0.1) is 5.10 Å². The molecule has 9 heteroatoms. The van der Waals surface area contributed by atoms with Crippen LogP contribution in [0.1, 0.15) is 39.2 Å². The molecule has 2 rings (SSSR count). The van der Waals surface area contributed by atoms with E-state index in [9.17, 15) is 9.18 Å². The summed E-state index contributed by atoms with van der Waals surface area (Å²) in [6.45, 7) is 5.21. The molecule has 1 fully saturated rings. The molecule has 0 radical (unpaired) electrons. The molecule has 8 nitrogen and oxygen atoms in total. The zero-order chi connectivity index (χ0) is 20.7. The van der Waals surface area contributed by atoms with Crippen molar-refractivity contribution < 1.29 is 18.7 Å². The summed E-state index contributed by atoms with van der Waals surface area (Å²) in [5.74, 6) is 6.63. The number of amides is 1. The van der Waals surface area contributed by atoms with E-state index >= 15 is 0 Å². The van der Waals surface area contributed by atoms with E-state index in [1.54, 1.807) is 45.0 Å². The molecule has 1 aromatic rings. The number of benzene rings is 1. The van der Waals surface area contributed by atoms with Crippen molar-refractivity contribution in [2.75, 3.05) is 13.2 Å². The van der Waals surface area contributed by atoms with Crippen LogP contribution in [-0.2, 0) is 4.74 Å². The van der Waals surface area contributed by atoms with Crippen molar-refractivity contribution in [1.82, 2.24) is 10.4 Å². The Hall–Kier alpha value is -2.81. The van der Waals surface area contributed by atoms with E-state index in [0.29, 0.717) is 23.5 Å². The van der Waals surface area contributed by atoms with Gasteiger partial charge in [-0.25, -0.2) is 20.1 Å². The summed E-state index contributed by atoms with van der Waals surface area (Å²) in [5.41, 5.74) is 6.29. The highest BCUT2D eigenvalue weighted by atomic mass is 19.1. The fraction of sp³-hybridized carbons (Fsp3) is 0.474. The number of ether oxygens (including phenoxy) is 2. The lowest BCUT2D eigenvalue weighted by Gasteiger charge is -2.20. The molecule has 0 saturated heterocycles. The van der Waals surface area contributed by atoms with E-state index in [4.69, 9.17) is 21.1 Å². The van der Waals surface area contributed by atoms with Gasteiger partial charge in [-0.1, -0.05) is 0 Å². The predicted molar refractivity (Wildman–Crippen MR) is 105 cm³/mol. The third kappa shape index (κ3) is 7.43. The maximum Gasteiger partial charge on any atom is 0.407 e. The molecule has 1 saturated carbocycles. The number of nitrogens with one attached hydrogen (secondary N) is 1. The first-order valence-electron chi connectivity index (χ1n) is 9.04. The molecule has 0 unspecified atom stereocenters. The molecular formula is C19H28FN5O3. The Kier molecular flexibility index (Phi) is 7.22. The van der Waals surface area contributed by atoms with Crippen LogP contribution >= 0.6 is 0 Å².